The summed E-state index contributed by atoms with van der Waals surface area (Å²) in [6, 6.07) is 9.07. The summed E-state index contributed by atoms with van der Waals surface area (Å²) in [6.07, 6.45) is 6.27. The van der Waals surface area contributed by atoms with E-state index in [1.807, 2.05) is 24.2 Å². The minimum Gasteiger partial charge on any atom is -0.309 e. The van der Waals surface area contributed by atoms with Gasteiger partial charge >= 0.3 is 0 Å². The maximum absolute atomic E-state index is 4.30. The van der Waals surface area contributed by atoms with Crippen LogP contribution in [0, 0.1) is 0 Å². The van der Waals surface area contributed by atoms with Gasteiger partial charge in [0.25, 0.3) is 0 Å². The molecule has 0 bridgehead atoms. The molecule has 1 aromatic carbocycles. The number of pyridine rings is 1. The number of thioether (sulfide) groups is 1. The van der Waals surface area contributed by atoms with Crippen molar-refractivity contribution in [2.75, 3.05) is 18.1 Å². The van der Waals surface area contributed by atoms with Crippen molar-refractivity contribution in [3.05, 3.63) is 42.2 Å². The Labute approximate surface area is 126 Å². The highest BCUT2D eigenvalue weighted by Gasteiger charge is 2.13. The van der Waals surface area contributed by atoms with Crippen molar-refractivity contribution >= 4 is 22.5 Å². The van der Waals surface area contributed by atoms with E-state index in [1.165, 1.54) is 28.5 Å². The molecule has 108 valence electrons. The van der Waals surface area contributed by atoms with Gasteiger partial charge in [-0.1, -0.05) is 32.0 Å². The molecule has 2 aromatic rings. The van der Waals surface area contributed by atoms with Crippen LogP contribution in [0.2, 0.25) is 0 Å². The van der Waals surface area contributed by atoms with Crippen LogP contribution in [0.25, 0.3) is 10.8 Å². The smallest absolute Gasteiger partial charge is 0.0418 e. The van der Waals surface area contributed by atoms with Gasteiger partial charge in [-0.2, -0.15) is 11.8 Å². The Morgan fingerprint density at radius 1 is 1.20 bits per heavy atom. The summed E-state index contributed by atoms with van der Waals surface area (Å²) in [6.45, 7) is 5.52. The van der Waals surface area contributed by atoms with E-state index in [-0.39, 0.29) is 0 Å². The van der Waals surface area contributed by atoms with E-state index in [0.29, 0.717) is 6.04 Å². The molecule has 1 N–H and O–H groups in total. The third-order valence-electron chi connectivity index (χ3n) is 3.37. The summed E-state index contributed by atoms with van der Waals surface area (Å²) in [5.74, 6) is 2.36. The molecule has 0 aliphatic heterocycles. The van der Waals surface area contributed by atoms with Crippen molar-refractivity contribution in [3.8, 4) is 0 Å². The van der Waals surface area contributed by atoms with E-state index in [0.717, 1.165) is 18.7 Å². The van der Waals surface area contributed by atoms with Crippen LogP contribution in [-0.4, -0.2) is 23.0 Å². The fourth-order valence-electron chi connectivity index (χ4n) is 2.36. The average molecular weight is 288 g/mol. The van der Waals surface area contributed by atoms with Crippen molar-refractivity contribution in [2.24, 2.45) is 0 Å². The third kappa shape index (κ3) is 3.97. The standard InChI is InChI=1S/C17H24N2S/c1-3-9-19-17(13-20-11-4-2)15-7-5-6-14-8-10-18-12-16(14)15/h5-8,10,12,17,19H,3-4,9,11,13H2,1-2H3. The number of nitrogens with zero attached hydrogens (tertiary/aromatic N) is 1. The number of hydrogen-bond donors (Lipinski definition) is 1. The number of rotatable bonds is 8. The van der Waals surface area contributed by atoms with Crippen molar-refractivity contribution in [1.29, 1.82) is 0 Å². The lowest BCUT2D eigenvalue weighted by Crippen LogP contribution is -2.24. The fraction of sp³-hybridized carbons (Fsp3) is 0.471. The molecule has 2 rings (SSSR count). The van der Waals surface area contributed by atoms with E-state index in [2.05, 4.69) is 48.4 Å². The molecule has 0 saturated carbocycles. The lowest BCUT2D eigenvalue weighted by Gasteiger charge is -2.20. The molecule has 1 unspecified atom stereocenters. The van der Waals surface area contributed by atoms with Crippen LogP contribution in [0.4, 0.5) is 0 Å². The molecule has 0 aliphatic rings. The van der Waals surface area contributed by atoms with E-state index in [9.17, 15) is 0 Å². The zero-order valence-corrected chi connectivity index (χ0v) is 13.2. The molecule has 2 nitrogen and oxygen atoms in total. The molecule has 0 saturated heterocycles. The van der Waals surface area contributed by atoms with Crippen LogP contribution in [0.1, 0.15) is 38.3 Å². The second-order valence-corrected chi connectivity index (χ2v) is 6.18. The molecule has 0 aliphatic carbocycles. The number of hydrogen-bond acceptors (Lipinski definition) is 3. The first-order valence-electron chi connectivity index (χ1n) is 7.50. The SMILES string of the molecule is CCCNC(CSCCC)c1cccc2ccncc12. The molecule has 3 heteroatoms. The molecule has 1 aromatic heterocycles. The molecule has 20 heavy (non-hydrogen) atoms. The summed E-state index contributed by atoms with van der Waals surface area (Å²) < 4.78 is 0. The topological polar surface area (TPSA) is 24.9 Å². The number of fused-ring (bicyclic) bond motifs is 1. The average Bonchev–Trinajstić information content (AvgIpc) is 2.50. The van der Waals surface area contributed by atoms with Crippen LogP contribution in [0.15, 0.2) is 36.7 Å². The molecule has 1 heterocycles. The summed E-state index contributed by atoms with van der Waals surface area (Å²) in [5.41, 5.74) is 1.38. The number of nitrogens with one attached hydrogen (secondary N) is 1. The van der Waals surface area contributed by atoms with Crippen molar-refractivity contribution in [3.63, 3.8) is 0 Å². The highest BCUT2D eigenvalue weighted by molar-refractivity contribution is 7.99. The summed E-state index contributed by atoms with van der Waals surface area (Å²) in [4.78, 5) is 4.30. The third-order valence-corrected chi connectivity index (χ3v) is 4.63. The first-order chi connectivity index (χ1) is 9.86. The van der Waals surface area contributed by atoms with Crippen molar-refractivity contribution < 1.29 is 0 Å². The fourth-order valence-corrected chi connectivity index (χ4v) is 3.35. The minimum atomic E-state index is 0.416. The first kappa shape index (κ1) is 15.3. The van der Waals surface area contributed by atoms with Gasteiger partial charge in [-0.05, 0) is 42.2 Å². The maximum Gasteiger partial charge on any atom is 0.0418 e. The quantitative estimate of drug-likeness (QED) is 0.728. The predicted octanol–water partition coefficient (Wildman–Crippen LogP) is 4.42. The molecule has 1 atom stereocenters. The second-order valence-electron chi connectivity index (χ2n) is 5.03. The number of aromatic nitrogens is 1. The predicted molar refractivity (Wildman–Crippen MR) is 90.4 cm³/mol. The molecule has 0 fully saturated rings. The van der Waals surface area contributed by atoms with E-state index < -0.39 is 0 Å². The van der Waals surface area contributed by atoms with Gasteiger partial charge in [0.15, 0.2) is 0 Å². The van der Waals surface area contributed by atoms with Crippen molar-refractivity contribution in [1.82, 2.24) is 10.3 Å². The highest BCUT2D eigenvalue weighted by atomic mass is 32.2. The van der Waals surface area contributed by atoms with Crippen LogP contribution < -0.4 is 5.32 Å². The number of benzene rings is 1. The lowest BCUT2D eigenvalue weighted by atomic mass is 10.0. The minimum absolute atomic E-state index is 0.416. The van der Waals surface area contributed by atoms with E-state index in [1.54, 1.807) is 0 Å². The lowest BCUT2D eigenvalue weighted by molar-refractivity contribution is 0.580. The Bertz CT molecular complexity index is 522. The van der Waals surface area contributed by atoms with Crippen LogP contribution in [0.5, 0.6) is 0 Å². The zero-order valence-electron chi connectivity index (χ0n) is 12.4. The summed E-state index contributed by atoms with van der Waals surface area (Å²) >= 11 is 2.03. The molecular formula is C17H24N2S. The van der Waals surface area contributed by atoms with Crippen LogP contribution >= 0.6 is 11.8 Å². The Hall–Kier alpha value is -1.06. The van der Waals surface area contributed by atoms with E-state index >= 15 is 0 Å². The van der Waals surface area contributed by atoms with Crippen LogP contribution in [0.3, 0.4) is 0 Å². The van der Waals surface area contributed by atoms with Gasteiger partial charge in [0, 0.05) is 29.6 Å². The Morgan fingerprint density at radius 2 is 2.10 bits per heavy atom. The Kier molecular flexibility index (Phi) is 6.34. The van der Waals surface area contributed by atoms with Gasteiger partial charge < -0.3 is 5.32 Å². The second kappa shape index (κ2) is 8.28. The largest absolute Gasteiger partial charge is 0.309 e. The van der Waals surface area contributed by atoms with Gasteiger partial charge in [-0.3, -0.25) is 4.98 Å². The first-order valence-corrected chi connectivity index (χ1v) is 8.66. The summed E-state index contributed by atoms with van der Waals surface area (Å²) in [5, 5.41) is 6.25. The molecular weight excluding hydrogens is 264 g/mol. The Balaban J connectivity index is 2.24. The van der Waals surface area contributed by atoms with Gasteiger partial charge in [-0.15, -0.1) is 0 Å². The highest BCUT2D eigenvalue weighted by Crippen LogP contribution is 2.26. The molecule has 0 radical (unpaired) electrons. The van der Waals surface area contributed by atoms with Gasteiger partial charge in [0.1, 0.15) is 0 Å². The zero-order chi connectivity index (χ0) is 14.2. The van der Waals surface area contributed by atoms with Crippen molar-refractivity contribution in [2.45, 2.75) is 32.7 Å². The monoisotopic (exact) mass is 288 g/mol. The Morgan fingerprint density at radius 3 is 2.90 bits per heavy atom. The van der Waals surface area contributed by atoms with Gasteiger partial charge in [0.05, 0.1) is 0 Å². The van der Waals surface area contributed by atoms with E-state index in [4.69, 9.17) is 0 Å². The molecule has 0 amide bonds. The maximum atomic E-state index is 4.30. The summed E-state index contributed by atoms with van der Waals surface area (Å²) in [7, 11) is 0. The van der Waals surface area contributed by atoms with Gasteiger partial charge in [0.2, 0.25) is 0 Å². The molecule has 0 spiro atoms. The normalized spacial score (nSPS) is 12.7. The van der Waals surface area contributed by atoms with Crippen LogP contribution in [-0.2, 0) is 0 Å². The van der Waals surface area contributed by atoms with Gasteiger partial charge in [-0.25, -0.2) is 0 Å².